The van der Waals surface area contributed by atoms with Crippen molar-refractivity contribution in [1.82, 2.24) is 25.3 Å². The van der Waals surface area contributed by atoms with Gasteiger partial charge in [-0.2, -0.15) is 0 Å². The zero-order chi connectivity index (χ0) is 35.5. The van der Waals surface area contributed by atoms with E-state index in [1.165, 1.54) is 11.3 Å². The van der Waals surface area contributed by atoms with Crippen molar-refractivity contribution < 1.29 is 32.3 Å². The molecule has 0 unspecified atom stereocenters. The van der Waals surface area contributed by atoms with Crippen molar-refractivity contribution in [3.05, 3.63) is 47.5 Å². The molecule has 268 valence electrons. The van der Waals surface area contributed by atoms with Gasteiger partial charge in [0.05, 0.1) is 30.2 Å². The van der Waals surface area contributed by atoms with Gasteiger partial charge >= 0.3 is 0 Å². The van der Waals surface area contributed by atoms with Gasteiger partial charge in [-0.05, 0) is 56.6 Å². The Balaban J connectivity index is 1.23. The molecule has 2 aliphatic carbocycles. The highest BCUT2D eigenvalue weighted by atomic mass is 32.2. The highest BCUT2D eigenvalue weighted by molar-refractivity contribution is 7.90. The number of nitrogens with one attached hydrogen (secondary N) is 3. The van der Waals surface area contributed by atoms with Crippen molar-refractivity contribution in [3.63, 3.8) is 0 Å². The molecule has 14 heteroatoms. The van der Waals surface area contributed by atoms with Gasteiger partial charge in [0, 0.05) is 41.7 Å². The number of sulfonamides is 1. The maximum atomic E-state index is 13.9. The van der Waals surface area contributed by atoms with Crippen LogP contribution >= 0.6 is 11.3 Å². The van der Waals surface area contributed by atoms with Gasteiger partial charge in [0.2, 0.25) is 21.8 Å². The van der Waals surface area contributed by atoms with E-state index in [-0.39, 0.29) is 43.6 Å². The maximum Gasteiger partial charge on any atom is 0.259 e. The molecule has 1 aliphatic heterocycles. The first-order valence-electron chi connectivity index (χ1n) is 17.4. The highest BCUT2D eigenvalue weighted by Gasteiger charge is 2.61. The molecule has 12 nitrogen and oxygen atoms in total. The first-order chi connectivity index (χ1) is 24.0. The van der Waals surface area contributed by atoms with Gasteiger partial charge in [0.1, 0.15) is 33.8 Å². The topological polar surface area (TPSA) is 166 Å². The predicted octanol–water partition coefficient (Wildman–Crippen LogP) is 5.14. The van der Waals surface area contributed by atoms with Crippen molar-refractivity contribution in [2.75, 3.05) is 13.7 Å². The van der Waals surface area contributed by atoms with Crippen LogP contribution in [0.4, 0.5) is 0 Å². The van der Waals surface area contributed by atoms with Gasteiger partial charge in [-0.1, -0.05) is 38.8 Å². The van der Waals surface area contributed by atoms with Gasteiger partial charge in [0.15, 0.2) is 0 Å². The largest absolute Gasteiger partial charge is 0.497 e. The minimum absolute atomic E-state index is 0.0522. The number of thiazole rings is 1. The molecule has 0 bridgehead atoms. The average molecular weight is 724 g/mol. The second kappa shape index (κ2) is 15.1. The van der Waals surface area contributed by atoms with Crippen molar-refractivity contribution >= 4 is 50.0 Å². The molecule has 0 radical (unpaired) electrons. The van der Waals surface area contributed by atoms with Crippen LogP contribution in [0.5, 0.6) is 11.5 Å². The standard InChI is InChI=1S/C36H45N5O7S2/c1-22(2)30-21-49-34(39-30)29-19-31(26-15-14-24(47-3)18-28(26)37-29)48-17-16-27-33(43)40-36(35(44)41-50(45,46)25-11-9-12-25)20-23(36)10-7-5-4-6-8-13-32(42)38-27/h7,10,14-15,18-19,21-23,25,27H,4-6,8-9,11-13,16-17,20H2,1-3H3,(H,38,42)(H,40,43)(H,41,44)/b10-7-/t23-,27+,36-/m1/s1. The number of methoxy groups -OCH3 is 1. The average Bonchev–Trinajstić information content (AvgIpc) is 3.50. The van der Waals surface area contributed by atoms with Crippen LogP contribution < -0.4 is 24.8 Å². The molecule has 3 aromatic rings. The summed E-state index contributed by atoms with van der Waals surface area (Å²) < 4.78 is 39.8. The number of ether oxygens (including phenoxy) is 2. The lowest BCUT2D eigenvalue weighted by Crippen LogP contribution is -2.58. The van der Waals surface area contributed by atoms with Crippen LogP contribution in [0.2, 0.25) is 0 Å². The second-order valence-electron chi connectivity index (χ2n) is 13.7. The molecule has 3 heterocycles. The number of allylic oxidation sites excluding steroid dienone is 1. The predicted molar refractivity (Wildman–Crippen MR) is 191 cm³/mol. The fourth-order valence-corrected chi connectivity index (χ4v) is 8.78. The summed E-state index contributed by atoms with van der Waals surface area (Å²) in [6.07, 6.45) is 9.47. The Morgan fingerprint density at radius 2 is 1.94 bits per heavy atom. The molecule has 1 aromatic carbocycles. The van der Waals surface area contributed by atoms with Gasteiger partial charge in [-0.3, -0.25) is 19.1 Å². The molecule has 50 heavy (non-hydrogen) atoms. The smallest absolute Gasteiger partial charge is 0.259 e. The van der Waals surface area contributed by atoms with Gasteiger partial charge in [-0.25, -0.2) is 18.4 Å². The van der Waals surface area contributed by atoms with E-state index in [0.29, 0.717) is 42.0 Å². The van der Waals surface area contributed by atoms with Crippen molar-refractivity contribution in [2.45, 2.75) is 101 Å². The fourth-order valence-electron chi connectivity index (χ4n) is 6.28. The highest BCUT2D eigenvalue weighted by Crippen LogP contribution is 2.46. The summed E-state index contributed by atoms with van der Waals surface area (Å²) in [4.78, 5) is 50.1. The normalized spacial score (nSPS) is 23.9. The van der Waals surface area contributed by atoms with E-state index in [1.807, 2.05) is 41.8 Å². The van der Waals surface area contributed by atoms with Crippen LogP contribution in [-0.4, -0.2) is 66.7 Å². The molecular formula is C36H45N5O7S2. The van der Waals surface area contributed by atoms with Crippen LogP contribution in [0.3, 0.4) is 0 Å². The molecule has 3 N–H and O–H groups in total. The fraction of sp³-hybridized carbons (Fsp3) is 0.528. The van der Waals surface area contributed by atoms with Crippen molar-refractivity contribution in [3.8, 4) is 22.2 Å². The third kappa shape index (κ3) is 7.96. The number of amides is 3. The Labute approximate surface area is 296 Å². The number of pyridine rings is 1. The quantitative estimate of drug-likeness (QED) is 0.240. The molecule has 3 amide bonds. The van der Waals surface area contributed by atoms with E-state index >= 15 is 0 Å². The molecule has 2 saturated carbocycles. The number of fused-ring (bicyclic) bond motifs is 2. The summed E-state index contributed by atoms with van der Waals surface area (Å²) in [6.45, 7) is 4.21. The number of nitrogens with zero attached hydrogens (tertiary/aromatic N) is 2. The number of carbonyl (C=O) groups is 3. The Kier molecular flexibility index (Phi) is 10.8. The van der Waals surface area contributed by atoms with E-state index in [9.17, 15) is 22.8 Å². The van der Waals surface area contributed by atoms with Crippen molar-refractivity contribution in [2.24, 2.45) is 5.92 Å². The lowest BCUT2D eigenvalue weighted by molar-refractivity contribution is -0.132. The minimum Gasteiger partial charge on any atom is -0.497 e. The van der Waals surface area contributed by atoms with E-state index in [2.05, 4.69) is 29.2 Å². The van der Waals surface area contributed by atoms with E-state index in [4.69, 9.17) is 19.4 Å². The van der Waals surface area contributed by atoms with Crippen LogP contribution in [0.25, 0.3) is 21.6 Å². The van der Waals surface area contributed by atoms with E-state index < -0.39 is 38.7 Å². The number of hydrogen-bond donors (Lipinski definition) is 3. The number of rotatable bonds is 10. The number of hydrogen-bond acceptors (Lipinski definition) is 10. The third-order valence-corrected chi connectivity index (χ3v) is 12.5. The molecule has 0 spiro atoms. The summed E-state index contributed by atoms with van der Waals surface area (Å²) in [5.74, 6) is -0.512. The SMILES string of the molecule is COc1ccc2c(OCC[C@@H]3NC(=O)CCCCC/C=C\[C@@H]4C[C@@]4(C(=O)NS(=O)(=O)C4CCC4)NC3=O)cc(-c3nc(C(C)C)cs3)nc2c1. The van der Waals surface area contributed by atoms with Crippen LogP contribution in [-0.2, 0) is 24.4 Å². The molecule has 6 rings (SSSR count). The molecule has 2 aromatic heterocycles. The first kappa shape index (κ1) is 35.8. The maximum absolute atomic E-state index is 13.9. The lowest BCUT2D eigenvalue weighted by Gasteiger charge is -2.28. The Hall–Kier alpha value is -4.04. The number of carbonyl (C=O) groups excluding carboxylic acids is 3. The van der Waals surface area contributed by atoms with Gasteiger partial charge < -0.3 is 20.1 Å². The minimum atomic E-state index is -3.86. The summed E-state index contributed by atoms with van der Waals surface area (Å²) in [7, 11) is -2.27. The zero-order valence-electron chi connectivity index (χ0n) is 28.7. The van der Waals surface area contributed by atoms with Crippen LogP contribution in [0.1, 0.15) is 89.7 Å². The summed E-state index contributed by atoms with van der Waals surface area (Å²) in [5.41, 5.74) is 0.839. The monoisotopic (exact) mass is 723 g/mol. The number of aromatic nitrogens is 2. The molecule has 0 saturated heterocycles. The van der Waals surface area contributed by atoms with Gasteiger partial charge in [-0.15, -0.1) is 11.3 Å². The van der Waals surface area contributed by atoms with E-state index in [1.54, 1.807) is 7.11 Å². The Morgan fingerprint density at radius 1 is 1.12 bits per heavy atom. The molecular weight excluding hydrogens is 679 g/mol. The second-order valence-corrected chi connectivity index (χ2v) is 16.5. The zero-order valence-corrected chi connectivity index (χ0v) is 30.3. The lowest BCUT2D eigenvalue weighted by atomic mass is 10.0. The van der Waals surface area contributed by atoms with Gasteiger partial charge in [0.25, 0.3) is 5.91 Å². The molecule has 3 aliphatic rings. The third-order valence-electron chi connectivity index (χ3n) is 9.76. The Bertz CT molecular complexity index is 1890. The summed E-state index contributed by atoms with van der Waals surface area (Å²) in [5, 5.41) is 8.61. The number of benzene rings is 1. The van der Waals surface area contributed by atoms with E-state index in [0.717, 1.165) is 41.8 Å². The van der Waals surface area contributed by atoms with Crippen LogP contribution in [0.15, 0.2) is 41.8 Å². The summed E-state index contributed by atoms with van der Waals surface area (Å²) in [6, 6.07) is 6.30. The van der Waals surface area contributed by atoms with Crippen LogP contribution in [0, 0.1) is 5.92 Å². The molecule has 3 atom stereocenters. The molecule has 2 fully saturated rings. The first-order valence-corrected chi connectivity index (χ1v) is 19.8. The Morgan fingerprint density at radius 3 is 2.66 bits per heavy atom. The summed E-state index contributed by atoms with van der Waals surface area (Å²) >= 11 is 1.50. The van der Waals surface area contributed by atoms with Crippen molar-refractivity contribution in [1.29, 1.82) is 0 Å².